The Labute approximate surface area is 360 Å². The number of hydrogen-bond donors (Lipinski definition) is 0. The van der Waals surface area contributed by atoms with Gasteiger partial charge in [-0.05, 0) is 117 Å². The molecule has 0 saturated carbocycles. The van der Waals surface area contributed by atoms with E-state index in [0.717, 1.165) is 34.2 Å². The van der Waals surface area contributed by atoms with Crippen LogP contribution >= 0.6 is 0 Å². The molecule has 3 heteroatoms. The first-order valence-corrected chi connectivity index (χ1v) is 21.3. The molecule has 2 aliphatic rings. The lowest BCUT2D eigenvalue weighted by molar-refractivity contribution is 0.436. The van der Waals surface area contributed by atoms with Crippen molar-refractivity contribution in [3.63, 3.8) is 0 Å². The number of benzene rings is 10. The fourth-order valence-electron chi connectivity index (χ4n) is 10.6. The molecule has 1 aliphatic carbocycles. The van der Waals surface area contributed by atoms with Gasteiger partial charge in [0, 0.05) is 44.6 Å². The van der Waals surface area contributed by atoms with Gasteiger partial charge in [0.25, 0.3) is 0 Å². The van der Waals surface area contributed by atoms with Gasteiger partial charge in [0.2, 0.25) is 0 Å². The number of fused-ring (bicyclic) bond motifs is 14. The molecule has 0 atom stereocenters. The molecule has 3 nitrogen and oxygen atoms in total. The monoisotopic (exact) mass is 790 g/mol. The van der Waals surface area contributed by atoms with Crippen LogP contribution in [0, 0.1) is 0 Å². The molecule has 0 N–H and O–H groups in total. The zero-order chi connectivity index (χ0) is 40.8. The molecular weight excluding hydrogens is 753 g/mol. The second-order valence-electron chi connectivity index (χ2n) is 16.4. The first-order chi connectivity index (χ1) is 30.8. The number of para-hydroxylation sites is 5. The summed E-state index contributed by atoms with van der Waals surface area (Å²) in [6, 6.07) is 83.8. The second-order valence-corrected chi connectivity index (χ2v) is 16.4. The van der Waals surface area contributed by atoms with Crippen LogP contribution < -0.4 is 9.64 Å². The molecule has 1 spiro atoms. The van der Waals surface area contributed by atoms with Crippen LogP contribution in [0.2, 0.25) is 0 Å². The highest BCUT2D eigenvalue weighted by Crippen LogP contribution is 2.63. The van der Waals surface area contributed by atoms with Gasteiger partial charge >= 0.3 is 0 Å². The number of nitrogens with zero attached hydrogens (tertiary/aromatic N) is 2. The largest absolute Gasteiger partial charge is 0.457 e. The molecule has 1 aromatic heterocycles. The Morgan fingerprint density at radius 3 is 1.73 bits per heavy atom. The Morgan fingerprint density at radius 1 is 0.371 bits per heavy atom. The minimum absolute atomic E-state index is 0.550. The van der Waals surface area contributed by atoms with Crippen molar-refractivity contribution in [3.8, 4) is 39.4 Å². The third-order valence-electron chi connectivity index (χ3n) is 13.2. The van der Waals surface area contributed by atoms with Crippen molar-refractivity contribution in [2.75, 3.05) is 4.90 Å². The summed E-state index contributed by atoms with van der Waals surface area (Å²) in [4.78, 5) is 2.39. The van der Waals surface area contributed by atoms with Crippen molar-refractivity contribution in [2.45, 2.75) is 5.41 Å². The first kappa shape index (κ1) is 34.7. The van der Waals surface area contributed by atoms with Gasteiger partial charge < -0.3 is 14.2 Å². The van der Waals surface area contributed by atoms with Crippen LogP contribution in [0.4, 0.5) is 17.1 Å². The molecule has 0 unspecified atom stereocenters. The van der Waals surface area contributed by atoms with Crippen LogP contribution in [0.25, 0.3) is 60.5 Å². The standard InChI is InChI=1S/C59H38N2O/c1-3-16-42(17-4-1)60(44-31-27-39(28-32-44)41-29-34-48-47-21-9-12-24-54(47)61(55(48)37-41)43-18-5-2-6-19-43)45-33-36-50-49(38-45)58-46-20-8-7-15-40(46)30-35-53(58)59(50)51-22-10-13-25-56(51)62-57-26-14-11-23-52(57)59/h1-38H. The fraction of sp³-hybridized carbons (Fsp3) is 0.0169. The maximum Gasteiger partial charge on any atom is 0.132 e. The summed E-state index contributed by atoms with van der Waals surface area (Å²) in [5.74, 6) is 1.79. The van der Waals surface area contributed by atoms with Crippen molar-refractivity contribution in [1.29, 1.82) is 0 Å². The molecule has 0 radical (unpaired) electrons. The first-order valence-electron chi connectivity index (χ1n) is 21.3. The lowest BCUT2D eigenvalue weighted by Crippen LogP contribution is -2.32. The van der Waals surface area contributed by atoms with E-state index in [1.165, 1.54) is 77.1 Å². The van der Waals surface area contributed by atoms with Crippen molar-refractivity contribution in [1.82, 2.24) is 4.57 Å². The van der Waals surface area contributed by atoms with Gasteiger partial charge in [0.1, 0.15) is 11.5 Å². The Morgan fingerprint density at radius 2 is 0.952 bits per heavy atom. The van der Waals surface area contributed by atoms with Gasteiger partial charge in [0.15, 0.2) is 0 Å². The van der Waals surface area contributed by atoms with Crippen molar-refractivity contribution in [2.24, 2.45) is 0 Å². The van der Waals surface area contributed by atoms with E-state index in [1.54, 1.807) is 0 Å². The molecule has 13 rings (SSSR count). The SMILES string of the molecule is c1ccc(N(c2ccc(-c3ccc4c5ccccc5n(-c5ccccc5)c4c3)cc2)c2ccc3c(c2)-c2c(ccc4ccccc24)C32c3ccccc3Oc3ccccc32)cc1. The number of hydrogen-bond acceptors (Lipinski definition) is 2. The topological polar surface area (TPSA) is 17.4 Å². The van der Waals surface area contributed by atoms with Gasteiger partial charge in [-0.3, -0.25) is 0 Å². The van der Waals surface area contributed by atoms with Crippen molar-refractivity contribution in [3.05, 3.63) is 253 Å². The number of anilines is 3. The molecule has 2 heterocycles. The lowest BCUT2D eigenvalue weighted by atomic mass is 9.66. The normalized spacial score (nSPS) is 13.1. The summed E-state index contributed by atoms with van der Waals surface area (Å²) >= 11 is 0. The molecule has 62 heavy (non-hydrogen) atoms. The van der Waals surface area contributed by atoms with Crippen LogP contribution in [0.5, 0.6) is 11.5 Å². The number of ether oxygens (including phenoxy) is 1. The Balaban J connectivity index is 0.986. The molecule has 290 valence electrons. The van der Waals surface area contributed by atoms with E-state index < -0.39 is 5.41 Å². The predicted molar refractivity (Wildman–Crippen MR) is 256 cm³/mol. The third kappa shape index (κ3) is 4.94. The van der Waals surface area contributed by atoms with Crippen molar-refractivity contribution >= 4 is 49.6 Å². The van der Waals surface area contributed by atoms with Gasteiger partial charge in [-0.2, -0.15) is 0 Å². The van der Waals surface area contributed by atoms with E-state index in [-0.39, 0.29) is 0 Å². The van der Waals surface area contributed by atoms with Gasteiger partial charge in [-0.25, -0.2) is 0 Å². The van der Waals surface area contributed by atoms with E-state index in [2.05, 4.69) is 240 Å². The molecule has 0 saturated heterocycles. The number of rotatable bonds is 5. The average molecular weight is 791 g/mol. The zero-order valence-corrected chi connectivity index (χ0v) is 33.7. The van der Waals surface area contributed by atoms with Crippen LogP contribution in [0.15, 0.2) is 231 Å². The molecule has 0 amide bonds. The van der Waals surface area contributed by atoms with Crippen LogP contribution in [0.3, 0.4) is 0 Å². The fourth-order valence-corrected chi connectivity index (χ4v) is 10.6. The van der Waals surface area contributed by atoms with Gasteiger partial charge in [-0.1, -0.05) is 158 Å². The van der Waals surface area contributed by atoms with E-state index in [1.807, 2.05) is 0 Å². The zero-order valence-electron chi connectivity index (χ0n) is 33.7. The molecule has 10 aromatic carbocycles. The van der Waals surface area contributed by atoms with E-state index in [4.69, 9.17) is 4.74 Å². The smallest absolute Gasteiger partial charge is 0.132 e. The number of aromatic nitrogens is 1. The third-order valence-corrected chi connectivity index (χ3v) is 13.2. The van der Waals surface area contributed by atoms with E-state index in [9.17, 15) is 0 Å². The predicted octanol–water partition coefficient (Wildman–Crippen LogP) is 15.5. The summed E-state index contributed by atoms with van der Waals surface area (Å²) in [6.45, 7) is 0. The Bertz CT molecular complexity index is 3500. The summed E-state index contributed by atoms with van der Waals surface area (Å²) in [7, 11) is 0. The second kappa shape index (κ2) is 13.4. The molecule has 11 aromatic rings. The van der Waals surface area contributed by atoms with Crippen LogP contribution in [0.1, 0.15) is 22.3 Å². The summed E-state index contributed by atoms with van der Waals surface area (Å²) in [5.41, 5.74) is 16.0. The minimum atomic E-state index is -0.550. The maximum atomic E-state index is 6.65. The molecular formula is C59H38N2O. The highest BCUT2D eigenvalue weighted by molar-refractivity contribution is 6.10. The Hall–Kier alpha value is -8.14. The molecule has 0 bridgehead atoms. The van der Waals surface area contributed by atoms with Gasteiger partial charge in [-0.15, -0.1) is 0 Å². The van der Waals surface area contributed by atoms with E-state index >= 15 is 0 Å². The maximum absolute atomic E-state index is 6.65. The van der Waals surface area contributed by atoms with Crippen LogP contribution in [-0.2, 0) is 5.41 Å². The lowest BCUT2D eigenvalue weighted by Gasteiger charge is -2.39. The van der Waals surface area contributed by atoms with Gasteiger partial charge in [0.05, 0.1) is 16.4 Å². The summed E-state index contributed by atoms with van der Waals surface area (Å²) < 4.78 is 9.04. The van der Waals surface area contributed by atoms with Crippen molar-refractivity contribution < 1.29 is 4.74 Å². The summed E-state index contributed by atoms with van der Waals surface area (Å²) in [6.07, 6.45) is 0. The molecule has 1 aliphatic heterocycles. The Kier molecular flexibility index (Phi) is 7.52. The highest BCUT2D eigenvalue weighted by Gasteiger charge is 2.51. The van der Waals surface area contributed by atoms with Crippen LogP contribution in [-0.4, -0.2) is 4.57 Å². The average Bonchev–Trinajstić information content (AvgIpc) is 3.83. The quantitative estimate of drug-likeness (QED) is 0.173. The summed E-state index contributed by atoms with van der Waals surface area (Å²) in [5, 5.41) is 4.99. The minimum Gasteiger partial charge on any atom is -0.457 e. The molecule has 0 fully saturated rings. The highest BCUT2D eigenvalue weighted by atomic mass is 16.5. The van der Waals surface area contributed by atoms with E-state index in [0.29, 0.717) is 0 Å².